The van der Waals surface area contributed by atoms with E-state index in [1.165, 1.54) is 16.5 Å². The van der Waals surface area contributed by atoms with Crippen molar-refractivity contribution in [3.8, 4) is 0 Å². The molecule has 0 saturated heterocycles. The number of ether oxygens (including phenoxy) is 2. The van der Waals surface area contributed by atoms with Crippen LogP contribution in [0.15, 0.2) is 58.8 Å². The molecule has 0 fully saturated rings. The molecule has 7 heteroatoms. The number of thioether (sulfide) groups is 1. The highest BCUT2D eigenvalue weighted by Crippen LogP contribution is 2.27. The standard InChI is InChI=1S/C21H21NO4S2/c1-25-11-10-22-20(23)14-28-19-9-5-3-7-17(19)21(24)26-12-15-13-27-18-8-4-2-6-16(15)18/h2-9,13H,10-12,14H2,1H3,(H,22,23). The number of rotatable bonds is 9. The Morgan fingerprint density at radius 3 is 2.75 bits per heavy atom. The Hall–Kier alpha value is -2.35. The van der Waals surface area contributed by atoms with Crippen molar-refractivity contribution in [2.24, 2.45) is 0 Å². The number of fused-ring (bicyclic) bond motifs is 1. The van der Waals surface area contributed by atoms with E-state index in [-0.39, 0.29) is 18.3 Å². The first-order valence-corrected chi connectivity index (χ1v) is 10.6. The van der Waals surface area contributed by atoms with Crippen molar-refractivity contribution in [3.05, 3.63) is 65.0 Å². The van der Waals surface area contributed by atoms with Crippen molar-refractivity contribution in [1.82, 2.24) is 5.32 Å². The molecule has 0 aliphatic carbocycles. The van der Waals surface area contributed by atoms with Gasteiger partial charge in [0.1, 0.15) is 6.61 Å². The molecule has 0 unspecified atom stereocenters. The molecule has 0 aliphatic rings. The van der Waals surface area contributed by atoms with Crippen LogP contribution in [0.5, 0.6) is 0 Å². The maximum Gasteiger partial charge on any atom is 0.339 e. The summed E-state index contributed by atoms with van der Waals surface area (Å²) in [6, 6.07) is 15.2. The third-order valence-corrected chi connectivity index (χ3v) is 6.10. The smallest absolute Gasteiger partial charge is 0.339 e. The molecule has 3 aromatic rings. The highest BCUT2D eigenvalue weighted by atomic mass is 32.2. The minimum absolute atomic E-state index is 0.102. The van der Waals surface area contributed by atoms with Crippen LogP contribution in [0, 0.1) is 0 Å². The fourth-order valence-corrected chi connectivity index (χ4v) is 4.43. The third kappa shape index (κ3) is 5.34. The van der Waals surface area contributed by atoms with E-state index in [1.807, 2.05) is 35.7 Å². The minimum Gasteiger partial charge on any atom is -0.457 e. The van der Waals surface area contributed by atoms with Crippen LogP contribution in [0.3, 0.4) is 0 Å². The van der Waals surface area contributed by atoms with Gasteiger partial charge in [-0.25, -0.2) is 4.79 Å². The molecule has 0 radical (unpaired) electrons. The molecule has 1 aromatic heterocycles. The van der Waals surface area contributed by atoms with Gasteiger partial charge in [-0.1, -0.05) is 30.3 Å². The van der Waals surface area contributed by atoms with Gasteiger partial charge in [0.25, 0.3) is 0 Å². The number of thiophene rings is 1. The molecule has 0 bridgehead atoms. The summed E-state index contributed by atoms with van der Waals surface area (Å²) < 4.78 is 11.6. The number of carbonyl (C=O) groups excluding carboxylic acids is 2. The molecule has 5 nitrogen and oxygen atoms in total. The molecule has 0 atom stereocenters. The molecule has 2 aromatic carbocycles. The van der Waals surface area contributed by atoms with Gasteiger partial charge in [-0.3, -0.25) is 4.79 Å². The SMILES string of the molecule is COCCNC(=O)CSc1ccccc1C(=O)OCc1csc2ccccc12. The first-order chi connectivity index (χ1) is 13.7. The molecule has 1 heterocycles. The molecule has 0 saturated carbocycles. The lowest BCUT2D eigenvalue weighted by Gasteiger charge is -2.09. The van der Waals surface area contributed by atoms with Gasteiger partial charge in [-0.15, -0.1) is 23.1 Å². The summed E-state index contributed by atoms with van der Waals surface area (Å²) in [5.41, 5.74) is 1.47. The number of carbonyl (C=O) groups is 2. The predicted octanol–water partition coefficient (Wildman–Crippen LogP) is 4.11. The normalized spacial score (nSPS) is 10.8. The summed E-state index contributed by atoms with van der Waals surface area (Å²) in [6.45, 7) is 1.16. The van der Waals surface area contributed by atoms with E-state index in [9.17, 15) is 9.59 Å². The van der Waals surface area contributed by atoms with Crippen molar-refractivity contribution in [3.63, 3.8) is 0 Å². The molecule has 0 spiro atoms. The van der Waals surface area contributed by atoms with Crippen LogP contribution in [0.4, 0.5) is 0 Å². The maximum absolute atomic E-state index is 12.6. The Morgan fingerprint density at radius 1 is 1.11 bits per heavy atom. The lowest BCUT2D eigenvalue weighted by atomic mass is 10.2. The van der Waals surface area contributed by atoms with Crippen LogP contribution in [-0.2, 0) is 20.9 Å². The lowest BCUT2D eigenvalue weighted by Crippen LogP contribution is -2.28. The highest BCUT2D eigenvalue weighted by molar-refractivity contribution is 8.00. The molecule has 1 N–H and O–H groups in total. The zero-order chi connectivity index (χ0) is 19.8. The average molecular weight is 416 g/mol. The first kappa shape index (κ1) is 20.4. The Morgan fingerprint density at radius 2 is 1.89 bits per heavy atom. The van der Waals surface area contributed by atoms with Gasteiger partial charge in [0.05, 0.1) is 17.9 Å². The molecule has 0 aliphatic heterocycles. The zero-order valence-corrected chi connectivity index (χ0v) is 17.1. The van der Waals surface area contributed by atoms with Crippen LogP contribution in [0.25, 0.3) is 10.1 Å². The summed E-state index contributed by atoms with van der Waals surface area (Å²) in [5.74, 6) is -0.267. The summed E-state index contributed by atoms with van der Waals surface area (Å²) in [4.78, 5) is 25.2. The number of nitrogens with one attached hydrogen (secondary N) is 1. The van der Waals surface area contributed by atoms with E-state index in [0.29, 0.717) is 18.7 Å². The van der Waals surface area contributed by atoms with E-state index in [4.69, 9.17) is 9.47 Å². The number of benzene rings is 2. The van der Waals surface area contributed by atoms with Crippen molar-refractivity contribution in [2.45, 2.75) is 11.5 Å². The van der Waals surface area contributed by atoms with Crippen molar-refractivity contribution < 1.29 is 19.1 Å². The second-order valence-corrected chi connectivity index (χ2v) is 7.89. The second kappa shape index (κ2) is 10.3. The van der Waals surface area contributed by atoms with E-state index in [1.54, 1.807) is 30.6 Å². The number of amides is 1. The number of methoxy groups -OCH3 is 1. The predicted molar refractivity (Wildman–Crippen MR) is 113 cm³/mol. The number of esters is 1. The van der Waals surface area contributed by atoms with Crippen LogP contribution in [0.1, 0.15) is 15.9 Å². The van der Waals surface area contributed by atoms with Gasteiger partial charge in [0.15, 0.2) is 0 Å². The van der Waals surface area contributed by atoms with E-state index in [2.05, 4.69) is 11.4 Å². The second-order valence-electron chi connectivity index (χ2n) is 5.96. The first-order valence-electron chi connectivity index (χ1n) is 8.78. The fourth-order valence-electron chi connectivity index (χ4n) is 2.61. The van der Waals surface area contributed by atoms with Crippen LogP contribution in [0.2, 0.25) is 0 Å². The summed E-state index contributed by atoms with van der Waals surface area (Å²) in [6.07, 6.45) is 0. The van der Waals surface area contributed by atoms with Gasteiger partial charge in [0.2, 0.25) is 5.91 Å². The Bertz CT molecular complexity index is 954. The third-order valence-electron chi connectivity index (χ3n) is 4.01. The van der Waals surface area contributed by atoms with Crippen LogP contribution < -0.4 is 5.32 Å². The molecule has 1 amide bonds. The van der Waals surface area contributed by atoms with Crippen LogP contribution >= 0.6 is 23.1 Å². The van der Waals surface area contributed by atoms with Crippen molar-refractivity contribution in [1.29, 1.82) is 0 Å². The van der Waals surface area contributed by atoms with E-state index >= 15 is 0 Å². The Balaban J connectivity index is 1.60. The Kier molecular flexibility index (Phi) is 7.47. The largest absolute Gasteiger partial charge is 0.457 e. The van der Waals surface area contributed by atoms with Gasteiger partial charge in [-0.2, -0.15) is 0 Å². The molecular formula is C21H21NO4S2. The van der Waals surface area contributed by atoms with Gasteiger partial charge in [-0.05, 0) is 29.0 Å². The quantitative estimate of drug-likeness (QED) is 0.324. The highest BCUT2D eigenvalue weighted by Gasteiger charge is 2.15. The van der Waals surface area contributed by atoms with Gasteiger partial charge >= 0.3 is 5.97 Å². The topological polar surface area (TPSA) is 64.6 Å². The molecular weight excluding hydrogens is 394 g/mol. The lowest BCUT2D eigenvalue weighted by molar-refractivity contribution is -0.118. The number of hydrogen-bond donors (Lipinski definition) is 1. The average Bonchev–Trinajstić information content (AvgIpc) is 3.14. The number of hydrogen-bond acceptors (Lipinski definition) is 6. The molecule has 28 heavy (non-hydrogen) atoms. The summed E-state index contributed by atoms with van der Waals surface area (Å²) in [5, 5.41) is 5.89. The van der Waals surface area contributed by atoms with Crippen molar-refractivity contribution in [2.75, 3.05) is 26.0 Å². The maximum atomic E-state index is 12.6. The summed E-state index contributed by atoms with van der Waals surface area (Å²) >= 11 is 2.95. The fraction of sp³-hybridized carbons (Fsp3) is 0.238. The van der Waals surface area contributed by atoms with Gasteiger partial charge in [0, 0.05) is 28.8 Å². The van der Waals surface area contributed by atoms with E-state index < -0.39 is 5.97 Å². The Labute approximate surface area is 172 Å². The van der Waals surface area contributed by atoms with Gasteiger partial charge < -0.3 is 14.8 Å². The monoisotopic (exact) mass is 415 g/mol. The van der Waals surface area contributed by atoms with Crippen LogP contribution in [-0.4, -0.2) is 37.9 Å². The molecule has 3 rings (SSSR count). The van der Waals surface area contributed by atoms with Crippen molar-refractivity contribution >= 4 is 45.1 Å². The minimum atomic E-state index is -0.391. The van der Waals surface area contributed by atoms with E-state index in [0.717, 1.165) is 15.8 Å². The molecule has 146 valence electrons. The summed E-state index contributed by atoms with van der Waals surface area (Å²) in [7, 11) is 1.58. The zero-order valence-electron chi connectivity index (χ0n) is 15.5.